The van der Waals surface area contributed by atoms with E-state index < -0.39 is 0 Å². The Hall–Kier alpha value is -5.98. The summed E-state index contributed by atoms with van der Waals surface area (Å²) in [5, 5.41) is 40.9. The van der Waals surface area contributed by atoms with Crippen LogP contribution in [0.3, 0.4) is 0 Å². The molecule has 0 saturated heterocycles. The quantitative estimate of drug-likeness (QED) is 0.0476. The molecule has 0 amide bonds. The summed E-state index contributed by atoms with van der Waals surface area (Å²) in [6, 6.07) is 67.4. The first-order valence-corrected chi connectivity index (χ1v) is 38.5. The monoisotopic (exact) mass is 2300 g/mol. The first-order valence-electron chi connectivity index (χ1n) is 34.3. The second-order valence-electron chi connectivity index (χ2n) is 24.3. The van der Waals surface area contributed by atoms with Gasteiger partial charge in [0, 0.05) is 268 Å². The van der Waals surface area contributed by atoms with Crippen LogP contribution >= 0.6 is 108 Å². The molecule has 0 spiro atoms. The Balaban J connectivity index is 0.000000232. The van der Waals surface area contributed by atoms with E-state index in [1.807, 2.05) is 74.5 Å². The van der Waals surface area contributed by atoms with E-state index in [4.69, 9.17) is 93.3 Å². The number of aromatic nitrogens is 20. The zero-order chi connectivity index (χ0) is 82.7. The zero-order valence-electron chi connectivity index (χ0n) is 65.0. The SMILES string of the molecule is CCc1cccc(-n2nnn(C)c2=O)c1COc1cc[c-]cc1Cl.Cc1cccc(-n2nnn(C)c2=O)c1COc1cc[c-]cc1Cl.Cn1nnn(-c2cccc(Br)c2COc2cc[c-]cc2Cl)c1=O.Cn1nnn(-c2cccc(Cl)c2COc2cc[c-]cc2Cl)c1=O.Cn1nnn(-c2cccc(I)c2COc2cc[c-]cc2Cl)c1=O.[Y].[Y].[Y].[Y].[Y]. The average Bonchev–Trinajstić information content (AvgIpc) is 1.76. The second kappa shape index (κ2) is 50.4. The zero-order valence-corrected chi connectivity index (χ0v) is 87.5. The number of hydrogen-bond acceptors (Lipinski definition) is 20. The Morgan fingerprint density at radius 1 is 0.331 bits per heavy atom. The smallest absolute Gasteiger partial charge is 0.368 e. The van der Waals surface area contributed by atoms with E-state index in [-0.39, 0.29) is 225 Å². The first-order chi connectivity index (χ1) is 55.9. The molecule has 10 aromatic carbocycles. The van der Waals surface area contributed by atoms with E-state index >= 15 is 0 Å². The van der Waals surface area contributed by atoms with E-state index in [9.17, 15) is 24.0 Å². The third-order valence-electron chi connectivity index (χ3n) is 16.8. The minimum absolute atomic E-state index is 0. The van der Waals surface area contributed by atoms with Gasteiger partial charge in [0.1, 0.15) is 33.0 Å². The van der Waals surface area contributed by atoms with Gasteiger partial charge < -0.3 is 23.7 Å². The van der Waals surface area contributed by atoms with E-state index in [1.165, 1.54) is 44.5 Å². The molecule has 15 rings (SSSR count). The van der Waals surface area contributed by atoms with Crippen LogP contribution in [0.2, 0.25) is 30.1 Å². The maximum atomic E-state index is 12.2. The molecule has 0 saturated carbocycles. The van der Waals surface area contributed by atoms with Crippen LogP contribution in [0.5, 0.6) is 28.7 Å². The molecule has 0 unspecified atom stereocenters. The molecule has 611 valence electrons. The first kappa shape index (κ1) is 104. The van der Waals surface area contributed by atoms with Crippen LogP contribution < -0.4 is 52.1 Å². The molecule has 5 radical (unpaired) electrons. The summed E-state index contributed by atoms with van der Waals surface area (Å²) in [5.74, 6) is 2.73. The van der Waals surface area contributed by atoms with Crippen LogP contribution in [0.4, 0.5) is 0 Å². The fourth-order valence-electron chi connectivity index (χ4n) is 10.7. The Bertz CT molecular complexity index is 5710. The van der Waals surface area contributed by atoms with Crippen molar-refractivity contribution in [3.63, 3.8) is 0 Å². The largest absolute Gasteiger partial charge is 0.513 e. The molecular formula is C78H63BrCl6IN20O10Y5-5. The van der Waals surface area contributed by atoms with Crippen LogP contribution in [0, 0.1) is 40.8 Å². The number of aryl methyl sites for hydroxylation is 7. The molecule has 5 heterocycles. The molecule has 5 aromatic heterocycles. The van der Waals surface area contributed by atoms with E-state index in [1.54, 1.807) is 150 Å². The Morgan fingerprint density at radius 3 is 0.926 bits per heavy atom. The summed E-state index contributed by atoms with van der Waals surface area (Å²) in [6.07, 6.45) is 0.803. The molecule has 15 aromatic rings. The molecule has 0 N–H and O–H groups in total. The second-order valence-corrected chi connectivity index (χ2v) is 28.7. The predicted molar refractivity (Wildman–Crippen MR) is 446 cm³/mol. The van der Waals surface area contributed by atoms with Gasteiger partial charge in [0.2, 0.25) is 0 Å². The van der Waals surface area contributed by atoms with Crippen molar-refractivity contribution >= 4 is 108 Å². The van der Waals surface area contributed by atoms with Gasteiger partial charge in [0.15, 0.2) is 0 Å². The van der Waals surface area contributed by atoms with Gasteiger partial charge in [0.25, 0.3) is 0 Å². The minimum atomic E-state index is -0.374. The summed E-state index contributed by atoms with van der Waals surface area (Å²) in [5.41, 5.74) is 7.37. The van der Waals surface area contributed by atoms with E-state index in [0.29, 0.717) is 92.9 Å². The predicted octanol–water partition coefficient (Wildman–Crippen LogP) is 12.9. The van der Waals surface area contributed by atoms with Crippen LogP contribution in [0.25, 0.3) is 28.4 Å². The normalized spacial score (nSPS) is 10.3. The van der Waals surface area contributed by atoms with Crippen molar-refractivity contribution in [3.05, 3.63) is 342 Å². The van der Waals surface area contributed by atoms with Crippen LogP contribution in [-0.2, 0) is 238 Å². The van der Waals surface area contributed by atoms with Gasteiger partial charge in [-0.2, -0.15) is 196 Å². The minimum Gasteiger partial charge on any atom is -0.513 e. The Kier molecular flexibility index (Phi) is 43.2. The van der Waals surface area contributed by atoms with Gasteiger partial charge in [-0.05, 0) is 173 Å². The molecular weight excluding hydrogens is 2240 g/mol. The van der Waals surface area contributed by atoms with Gasteiger partial charge >= 0.3 is 28.4 Å². The molecule has 0 aliphatic heterocycles. The summed E-state index contributed by atoms with van der Waals surface area (Å²) in [6.45, 7) is 5.11. The number of rotatable bonds is 21. The molecule has 0 atom stereocenters. The number of halogens is 8. The van der Waals surface area contributed by atoms with Gasteiger partial charge in [-0.15, -0.1) is 30.3 Å². The topological polar surface area (TPSA) is 310 Å². The maximum Gasteiger partial charge on any atom is 0.368 e. The van der Waals surface area contributed by atoms with Crippen molar-refractivity contribution in [1.82, 2.24) is 99.0 Å². The maximum absolute atomic E-state index is 12.2. The molecule has 121 heavy (non-hydrogen) atoms. The summed E-state index contributed by atoms with van der Waals surface area (Å²) < 4.78 is 42.7. The van der Waals surface area contributed by atoms with E-state index in [2.05, 4.69) is 121 Å². The van der Waals surface area contributed by atoms with Gasteiger partial charge in [-0.1, -0.05) is 76.9 Å². The fraction of sp³-hybridized carbons (Fsp3) is 0.167. The van der Waals surface area contributed by atoms with Gasteiger partial charge in [-0.3, -0.25) is 0 Å². The molecule has 0 bridgehead atoms. The molecule has 0 fully saturated rings. The number of benzene rings is 10. The number of hydrogen-bond donors (Lipinski definition) is 0. The molecule has 0 aliphatic carbocycles. The van der Waals surface area contributed by atoms with Gasteiger partial charge in [0.05, 0.1) is 28.4 Å². The third-order valence-corrected chi connectivity index (χ3v) is 20.4. The van der Waals surface area contributed by atoms with Crippen molar-refractivity contribution in [2.75, 3.05) is 0 Å². The Labute approximate surface area is 869 Å². The van der Waals surface area contributed by atoms with Crippen molar-refractivity contribution in [2.24, 2.45) is 35.2 Å². The van der Waals surface area contributed by atoms with Crippen molar-refractivity contribution in [1.29, 1.82) is 0 Å². The summed E-state index contributed by atoms with van der Waals surface area (Å²) in [7, 11) is 7.73. The Morgan fingerprint density at radius 2 is 0.595 bits per heavy atom. The van der Waals surface area contributed by atoms with Crippen molar-refractivity contribution in [2.45, 2.75) is 53.3 Å². The standard InChI is InChI=1S/C17H16ClN4O2.C16H14ClN4O2.C15H11BrClN4O2.C15H11Cl2N4O2.C15H11ClIN4O2.5Y/c1-3-12-7-6-9-15(22-17(23)21(2)19-20-22)13(12)11-24-16-10-5-4-8-14(16)18;1-11-6-5-8-14(21-16(22)20(2)18-19-21)12(11)10-23-15-9-4-3-7-13(15)17;1-20-15(22)21(19-18-20)13-7-4-5-11(16)10(13)9-23-14-8-3-2-6-12(14)17;1-20-15(22)21(19-18-20)13-7-4-6-11(16)10(13)9-23-14-8-3-2-5-12(14)17;1-20-15(22)21(19-18-20)13-7-4-6-12(17)10(13)9-23-14-8-3-2-5-11(14)16;;;;;/h5-10H,3,11H2,1-2H3;4-9H,10H2,1-2H3;3*3-8H,9H2,1H3;;;;;/q5*-1;;;;;. The molecule has 30 nitrogen and oxygen atoms in total. The summed E-state index contributed by atoms with van der Waals surface area (Å²) in [4.78, 5) is 60.5. The average molecular weight is 2300 g/mol. The van der Waals surface area contributed by atoms with E-state index in [0.717, 1.165) is 57.2 Å². The summed E-state index contributed by atoms with van der Waals surface area (Å²) >= 11 is 42.3. The number of ether oxygens (including phenoxy) is 5. The molecule has 43 heteroatoms. The van der Waals surface area contributed by atoms with Crippen LogP contribution in [0.15, 0.2) is 210 Å². The molecule has 0 aliphatic rings. The van der Waals surface area contributed by atoms with Crippen molar-refractivity contribution in [3.8, 4) is 57.2 Å². The third kappa shape index (κ3) is 26.8. The van der Waals surface area contributed by atoms with Gasteiger partial charge in [-0.25, -0.2) is 24.0 Å². The fourth-order valence-corrected chi connectivity index (χ4v) is 12.9. The van der Waals surface area contributed by atoms with Crippen molar-refractivity contribution < 1.29 is 187 Å². The van der Waals surface area contributed by atoms with Crippen LogP contribution in [0.1, 0.15) is 45.9 Å². The number of nitrogens with zero attached hydrogens (tertiary/aromatic N) is 20. The number of tetrazole rings is 5. The van der Waals surface area contributed by atoms with Crippen LogP contribution in [-0.4, -0.2) is 99.0 Å².